The van der Waals surface area contributed by atoms with Crippen LogP contribution in [0.5, 0.6) is 0 Å². The molecule has 0 bridgehead atoms. The van der Waals surface area contributed by atoms with E-state index in [-0.39, 0.29) is 4.90 Å². The number of rotatable bonds is 5. The second kappa shape index (κ2) is 7.19. The fraction of sp³-hybridized carbons (Fsp3) is 0. The highest BCUT2D eigenvalue weighted by Crippen LogP contribution is 2.18. The van der Waals surface area contributed by atoms with E-state index in [1.807, 2.05) is 30.3 Å². The van der Waals surface area contributed by atoms with Crippen LogP contribution in [0.15, 0.2) is 94.9 Å². The fourth-order valence-electron chi connectivity index (χ4n) is 2.42. The van der Waals surface area contributed by atoms with Crippen molar-refractivity contribution < 1.29 is 8.42 Å². The first-order valence-corrected chi connectivity index (χ1v) is 9.10. The summed E-state index contributed by atoms with van der Waals surface area (Å²) in [5, 5.41) is 3.86. The summed E-state index contributed by atoms with van der Waals surface area (Å²) in [4.78, 5) is 0.215. The van der Waals surface area contributed by atoms with Crippen molar-refractivity contribution in [2.24, 2.45) is 10.9 Å². The van der Waals surface area contributed by atoms with Crippen LogP contribution >= 0.6 is 0 Å². The van der Waals surface area contributed by atoms with Gasteiger partial charge in [-0.1, -0.05) is 60.7 Å². The van der Waals surface area contributed by atoms with E-state index in [4.69, 9.17) is 5.84 Å². The minimum atomic E-state index is -3.61. The second-order valence-corrected chi connectivity index (χ2v) is 7.02. The SMILES string of the molecule is N/N=C(\c1ccccc1)c1ccc(NS(=O)(=O)c2ccccc2)cc1. The molecule has 0 amide bonds. The number of hydrazone groups is 1. The molecule has 0 spiro atoms. The Bertz CT molecular complexity index is 968. The van der Waals surface area contributed by atoms with Gasteiger partial charge in [0, 0.05) is 16.8 Å². The summed E-state index contributed by atoms with van der Waals surface area (Å²) < 4.78 is 27.2. The molecule has 3 aromatic carbocycles. The van der Waals surface area contributed by atoms with Crippen LogP contribution in [0.4, 0.5) is 5.69 Å². The van der Waals surface area contributed by atoms with Crippen molar-refractivity contribution in [1.82, 2.24) is 0 Å². The van der Waals surface area contributed by atoms with Crippen LogP contribution in [-0.4, -0.2) is 14.1 Å². The number of sulfonamides is 1. The fourth-order valence-corrected chi connectivity index (χ4v) is 3.50. The van der Waals surface area contributed by atoms with Crippen LogP contribution in [0, 0.1) is 0 Å². The first-order valence-electron chi connectivity index (χ1n) is 7.62. The maximum Gasteiger partial charge on any atom is 0.261 e. The number of nitrogens with one attached hydrogen (secondary N) is 1. The van der Waals surface area contributed by atoms with Crippen molar-refractivity contribution >= 4 is 21.4 Å². The lowest BCUT2D eigenvalue weighted by molar-refractivity contribution is 0.601. The lowest BCUT2D eigenvalue weighted by Crippen LogP contribution is -2.13. The van der Waals surface area contributed by atoms with Gasteiger partial charge in [0.05, 0.1) is 10.6 Å². The molecule has 25 heavy (non-hydrogen) atoms. The monoisotopic (exact) mass is 351 g/mol. The molecule has 3 aromatic rings. The minimum Gasteiger partial charge on any atom is -0.323 e. The van der Waals surface area contributed by atoms with Gasteiger partial charge < -0.3 is 5.84 Å². The van der Waals surface area contributed by atoms with Crippen molar-refractivity contribution in [2.75, 3.05) is 4.72 Å². The number of benzene rings is 3. The van der Waals surface area contributed by atoms with Crippen molar-refractivity contribution in [3.8, 4) is 0 Å². The zero-order valence-electron chi connectivity index (χ0n) is 13.3. The van der Waals surface area contributed by atoms with E-state index >= 15 is 0 Å². The van der Waals surface area contributed by atoms with E-state index in [1.54, 1.807) is 54.6 Å². The maximum atomic E-state index is 12.3. The van der Waals surface area contributed by atoms with Crippen LogP contribution in [0.2, 0.25) is 0 Å². The molecule has 5 nitrogen and oxygen atoms in total. The van der Waals surface area contributed by atoms with Gasteiger partial charge in [-0.25, -0.2) is 8.42 Å². The summed E-state index contributed by atoms with van der Waals surface area (Å²) >= 11 is 0. The average molecular weight is 351 g/mol. The van der Waals surface area contributed by atoms with Gasteiger partial charge in [0.25, 0.3) is 10.0 Å². The third-order valence-electron chi connectivity index (χ3n) is 3.64. The molecular formula is C19H17N3O2S. The molecule has 126 valence electrons. The predicted octanol–water partition coefficient (Wildman–Crippen LogP) is 3.20. The van der Waals surface area contributed by atoms with E-state index in [9.17, 15) is 8.42 Å². The van der Waals surface area contributed by atoms with Crippen LogP contribution in [0.3, 0.4) is 0 Å². The highest BCUT2D eigenvalue weighted by molar-refractivity contribution is 7.92. The molecule has 0 aliphatic heterocycles. The Morgan fingerprint density at radius 2 is 1.28 bits per heavy atom. The van der Waals surface area contributed by atoms with Gasteiger partial charge in [-0.15, -0.1) is 0 Å². The van der Waals surface area contributed by atoms with Gasteiger partial charge in [-0.2, -0.15) is 5.10 Å². The maximum absolute atomic E-state index is 12.3. The van der Waals surface area contributed by atoms with Crippen molar-refractivity contribution in [3.05, 3.63) is 96.1 Å². The molecule has 0 atom stereocenters. The number of anilines is 1. The molecule has 6 heteroatoms. The molecule has 0 aromatic heterocycles. The number of hydrogen-bond donors (Lipinski definition) is 2. The van der Waals surface area contributed by atoms with Crippen molar-refractivity contribution in [3.63, 3.8) is 0 Å². The number of hydrogen-bond acceptors (Lipinski definition) is 4. The lowest BCUT2D eigenvalue weighted by atomic mass is 10.0. The van der Waals surface area contributed by atoms with Gasteiger partial charge in [0.15, 0.2) is 0 Å². The Kier molecular flexibility index (Phi) is 4.81. The molecule has 0 aliphatic rings. The molecule has 0 heterocycles. The summed E-state index contributed by atoms with van der Waals surface area (Å²) in [5.41, 5.74) is 2.80. The molecule has 3 N–H and O–H groups in total. The Hall–Kier alpha value is -3.12. The van der Waals surface area contributed by atoms with Gasteiger partial charge >= 0.3 is 0 Å². The highest BCUT2D eigenvalue weighted by Gasteiger charge is 2.14. The number of nitrogens with zero attached hydrogens (tertiary/aromatic N) is 1. The van der Waals surface area contributed by atoms with Crippen molar-refractivity contribution in [1.29, 1.82) is 0 Å². The van der Waals surface area contributed by atoms with Crippen LogP contribution in [-0.2, 0) is 10.0 Å². The molecule has 3 rings (SSSR count). The van der Waals surface area contributed by atoms with E-state index < -0.39 is 10.0 Å². The zero-order chi connectivity index (χ0) is 17.7. The van der Waals surface area contributed by atoms with E-state index in [0.717, 1.165) is 11.1 Å². The topological polar surface area (TPSA) is 84.5 Å². The average Bonchev–Trinajstić information content (AvgIpc) is 2.65. The van der Waals surface area contributed by atoms with E-state index in [0.29, 0.717) is 11.4 Å². The van der Waals surface area contributed by atoms with Gasteiger partial charge in [-0.3, -0.25) is 4.72 Å². The summed E-state index contributed by atoms with van der Waals surface area (Å²) in [5.74, 6) is 5.53. The molecule has 0 radical (unpaired) electrons. The lowest BCUT2D eigenvalue weighted by Gasteiger charge is -2.10. The van der Waals surface area contributed by atoms with E-state index in [1.165, 1.54) is 0 Å². The molecule has 0 saturated heterocycles. The molecule has 0 saturated carbocycles. The zero-order valence-corrected chi connectivity index (χ0v) is 14.1. The summed E-state index contributed by atoms with van der Waals surface area (Å²) in [6, 6.07) is 24.7. The molecule has 0 unspecified atom stereocenters. The van der Waals surface area contributed by atoms with Crippen LogP contribution in [0.1, 0.15) is 11.1 Å². The third-order valence-corrected chi connectivity index (χ3v) is 5.04. The van der Waals surface area contributed by atoms with E-state index in [2.05, 4.69) is 9.82 Å². The Balaban J connectivity index is 1.83. The smallest absolute Gasteiger partial charge is 0.261 e. The number of nitrogens with two attached hydrogens (primary N) is 1. The second-order valence-electron chi connectivity index (χ2n) is 5.34. The van der Waals surface area contributed by atoms with Crippen LogP contribution in [0.25, 0.3) is 0 Å². The van der Waals surface area contributed by atoms with Gasteiger partial charge in [0.2, 0.25) is 0 Å². The van der Waals surface area contributed by atoms with Gasteiger partial charge in [-0.05, 0) is 24.3 Å². The highest BCUT2D eigenvalue weighted by atomic mass is 32.2. The minimum absolute atomic E-state index is 0.215. The predicted molar refractivity (Wildman–Crippen MR) is 100.0 cm³/mol. The van der Waals surface area contributed by atoms with Crippen LogP contribution < -0.4 is 10.6 Å². The molecule has 0 aliphatic carbocycles. The Labute approximate surface area is 146 Å². The third kappa shape index (κ3) is 3.87. The Morgan fingerprint density at radius 1 is 0.760 bits per heavy atom. The first-order chi connectivity index (χ1) is 12.1. The quantitative estimate of drug-likeness (QED) is 0.420. The first kappa shape index (κ1) is 16.7. The molecule has 0 fully saturated rings. The normalized spacial score (nSPS) is 11.9. The van der Waals surface area contributed by atoms with Crippen molar-refractivity contribution in [2.45, 2.75) is 4.90 Å². The standard InChI is InChI=1S/C19H17N3O2S/c20-21-19(15-7-3-1-4-8-15)16-11-13-17(14-12-16)22-25(23,24)18-9-5-2-6-10-18/h1-14,22H,20H2/b21-19+. The summed E-state index contributed by atoms with van der Waals surface area (Å²) in [6.07, 6.45) is 0. The summed E-state index contributed by atoms with van der Waals surface area (Å²) in [6.45, 7) is 0. The summed E-state index contributed by atoms with van der Waals surface area (Å²) in [7, 11) is -3.61. The Morgan fingerprint density at radius 3 is 1.84 bits per heavy atom. The van der Waals surface area contributed by atoms with Gasteiger partial charge in [0.1, 0.15) is 0 Å². The largest absolute Gasteiger partial charge is 0.323 e. The molecular weight excluding hydrogens is 334 g/mol.